The number of aromatic nitrogens is 1. The van der Waals surface area contributed by atoms with Crippen molar-refractivity contribution in [2.24, 2.45) is 0 Å². The van der Waals surface area contributed by atoms with Gasteiger partial charge in [0, 0.05) is 36.1 Å². The van der Waals surface area contributed by atoms with Gasteiger partial charge in [0.25, 0.3) is 0 Å². The average Bonchev–Trinajstić information content (AvgIpc) is 2.99. The second-order valence-electron chi connectivity index (χ2n) is 6.24. The number of halogens is 3. The summed E-state index contributed by atoms with van der Waals surface area (Å²) < 4.78 is 65.1. The van der Waals surface area contributed by atoms with Crippen molar-refractivity contribution in [3.63, 3.8) is 0 Å². The van der Waals surface area contributed by atoms with Crippen LogP contribution in [0.1, 0.15) is 16.8 Å². The second kappa shape index (κ2) is 5.85. The first-order chi connectivity index (χ1) is 12.3. The van der Waals surface area contributed by atoms with Crippen LogP contribution in [0.3, 0.4) is 0 Å². The zero-order chi connectivity index (χ0) is 18.5. The summed E-state index contributed by atoms with van der Waals surface area (Å²) in [5.41, 5.74) is 2.01. The largest absolute Gasteiger partial charge is 0.416 e. The van der Waals surface area contributed by atoms with Crippen LogP contribution in [0.15, 0.2) is 53.4 Å². The molecular formula is C18H15F3N2O2S. The van der Waals surface area contributed by atoms with Gasteiger partial charge < -0.3 is 4.98 Å². The Bertz CT molecular complexity index is 1070. The predicted octanol–water partition coefficient (Wildman–Crippen LogP) is 3.93. The quantitative estimate of drug-likeness (QED) is 0.732. The van der Waals surface area contributed by atoms with Crippen LogP contribution in [0.5, 0.6) is 0 Å². The van der Waals surface area contributed by atoms with Crippen LogP contribution in [-0.2, 0) is 29.2 Å². The lowest BCUT2D eigenvalue weighted by molar-refractivity contribution is -0.137. The maximum absolute atomic E-state index is 12.9. The number of hydrogen-bond donors (Lipinski definition) is 1. The Balaban J connectivity index is 1.67. The molecule has 0 fully saturated rings. The third-order valence-electron chi connectivity index (χ3n) is 4.67. The van der Waals surface area contributed by atoms with Crippen LogP contribution in [0.4, 0.5) is 13.2 Å². The number of benzene rings is 2. The van der Waals surface area contributed by atoms with E-state index in [-0.39, 0.29) is 18.0 Å². The smallest absolute Gasteiger partial charge is 0.358 e. The number of hydrogen-bond acceptors (Lipinski definition) is 2. The lowest BCUT2D eigenvalue weighted by Gasteiger charge is -2.26. The van der Waals surface area contributed by atoms with Crippen molar-refractivity contribution in [1.29, 1.82) is 0 Å². The predicted molar refractivity (Wildman–Crippen MR) is 91.0 cm³/mol. The molecule has 1 aliphatic heterocycles. The van der Waals surface area contributed by atoms with E-state index in [1.165, 1.54) is 4.31 Å². The summed E-state index contributed by atoms with van der Waals surface area (Å²) in [5.74, 6) is 0. The van der Waals surface area contributed by atoms with Gasteiger partial charge in [-0.3, -0.25) is 0 Å². The van der Waals surface area contributed by atoms with Crippen molar-refractivity contribution in [2.45, 2.75) is 24.0 Å². The van der Waals surface area contributed by atoms with E-state index < -0.39 is 21.8 Å². The number of aromatic amines is 1. The van der Waals surface area contributed by atoms with Gasteiger partial charge >= 0.3 is 6.18 Å². The minimum Gasteiger partial charge on any atom is -0.358 e. The Morgan fingerprint density at radius 3 is 2.38 bits per heavy atom. The van der Waals surface area contributed by atoms with Gasteiger partial charge in [0.1, 0.15) is 0 Å². The van der Waals surface area contributed by atoms with Crippen molar-refractivity contribution in [1.82, 2.24) is 9.29 Å². The fourth-order valence-corrected chi connectivity index (χ4v) is 4.72. The molecule has 3 aromatic rings. The molecule has 4 nitrogen and oxygen atoms in total. The highest BCUT2D eigenvalue weighted by Gasteiger charge is 2.33. The first-order valence-corrected chi connectivity index (χ1v) is 9.47. The van der Waals surface area contributed by atoms with Crippen LogP contribution in [-0.4, -0.2) is 24.3 Å². The fourth-order valence-electron chi connectivity index (χ4n) is 3.31. The highest BCUT2D eigenvalue weighted by Crippen LogP contribution is 2.32. The van der Waals surface area contributed by atoms with E-state index in [0.717, 1.165) is 46.4 Å². The number of rotatable bonds is 2. The Labute approximate surface area is 148 Å². The van der Waals surface area contributed by atoms with Crippen LogP contribution >= 0.6 is 0 Å². The number of nitrogens with one attached hydrogen (secondary N) is 1. The Morgan fingerprint density at radius 1 is 1.00 bits per heavy atom. The monoisotopic (exact) mass is 380 g/mol. The van der Waals surface area contributed by atoms with Crippen LogP contribution in [0, 0.1) is 0 Å². The second-order valence-corrected chi connectivity index (χ2v) is 8.18. The molecule has 0 saturated heterocycles. The van der Waals surface area contributed by atoms with Gasteiger partial charge in [-0.25, -0.2) is 8.42 Å². The van der Waals surface area contributed by atoms with Crippen molar-refractivity contribution in [2.75, 3.05) is 6.54 Å². The molecule has 0 bridgehead atoms. The lowest BCUT2D eigenvalue weighted by Crippen LogP contribution is -2.35. The molecule has 1 N–H and O–H groups in total. The summed E-state index contributed by atoms with van der Waals surface area (Å²) in [6, 6.07) is 11.3. The molecule has 0 aliphatic carbocycles. The maximum Gasteiger partial charge on any atom is 0.416 e. The van der Waals surface area contributed by atoms with Crippen molar-refractivity contribution in [3.05, 3.63) is 65.4 Å². The molecule has 4 rings (SSSR count). The fraction of sp³-hybridized carbons (Fsp3) is 0.222. The molecule has 26 heavy (non-hydrogen) atoms. The topological polar surface area (TPSA) is 53.2 Å². The summed E-state index contributed by atoms with van der Waals surface area (Å²) in [6.07, 6.45) is -3.96. The third kappa shape index (κ3) is 2.79. The summed E-state index contributed by atoms with van der Waals surface area (Å²) in [5, 5.41) is 0.967. The molecule has 0 atom stereocenters. The minimum absolute atomic E-state index is 0.131. The van der Waals surface area contributed by atoms with E-state index in [4.69, 9.17) is 0 Å². The molecule has 0 amide bonds. The van der Waals surface area contributed by atoms with Gasteiger partial charge in [-0.1, -0.05) is 18.2 Å². The Hall–Kier alpha value is -2.32. The molecule has 0 saturated carbocycles. The number of nitrogens with zero attached hydrogens (tertiary/aromatic N) is 1. The number of H-pyrrole nitrogens is 1. The number of alkyl halides is 3. The SMILES string of the molecule is O=S(=O)(c1ccc(C(F)(F)F)cc1)N1CCc2[nH]c3ccccc3c2C1. The van der Waals surface area contributed by atoms with Gasteiger partial charge in [-0.2, -0.15) is 17.5 Å². The molecule has 1 aliphatic rings. The number of fused-ring (bicyclic) bond motifs is 3. The molecular weight excluding hydrogens is 365 g/mol. The van der Waals surface area contributed by atoms with Gasteiger partial charge in [-0.15, -0.1) is 0 Å². The Morgan fingerprint density at radius 2 is 1.69 bits per heavy atom. The first kappa shape index (κ1) is 17.1. The molecule has 0 radical (unpaired) electrons. The zero-order valence-electron chi connectivity index (χ0n) is 13.5. The standard InChI is InChI=1S/C18H15F3N2O2S/c19-18(20,21)12-5-7-13(8-6-12)26(24,25)23-10-9-17-15(11-23)14-3-1-2-4-16(14)22-17/h1-8,22H,9-11H2. The first-order valence-electron chi connectivity index (χ1n) is 8.03. The van der Waals surface area contributed by atoms with Crippen molar-refractivity contribution >= 4 is 20.9 Å². The van der Waals surface area contributed by atoms with Crippen molar-refractivity contribution < 1.29 is 21.6 Å². The van der Waals surface area contributed by atoms with Gasteiger partial charge in [0.05, 0.1) is 10.5 Å². The van der Waals surface area contributed by atoms with Crippen LogP contribution < -0.4 is 0 Å². The van der Waals surface area contributed by atoms with Gasteiger partial charge in [-0.05, 0) is 35.9 Å². The van der Waals surface area contributed by atoms with E-state index in [9.17, 15) is 21.6 Å². The van der Waals surface area contributed by atoms with Crippen molar-refractivity contribution in [3.8, 4) is 0 Å². The van der Waals surface area contributed by atoms with E-state index >= 15 is 0 Å². The van der Waals surface area contributed by atoms with Crippen LogP contribution in [0.25, 0.3) is 10.9 Å². The third-order valence-corrected chi connectivity index (χ3v) is 6.53. The van der Waals surface area contributed by atoms with Gasteiger partial charge in [0.15, 0.2) is 0 Å². The van der Waals surface area contributed by atoms with E-state index in [2.05, 4.69) is 4.98 Å². The molecule has 0 unspecified atom stereocenters. The zero-order valence-corrected chi connectivity index (χ0v) is 14.4. The van der Waals surface area contributed by atoms with E-state index in [1.807, 2.05) is 24.3 Å². The lowest BCUT2D eigenvalue weighted by atomic mass is 10.1. The highest BCUT2D eigenvalue weighted by molar-refractivity contribution is 7.89. The molecule has 8 heteroatoms. The number of sulfonamides is 1. The average molecular weight is 380 g/mol. The highest BCUT2D eigenvalue weighted by atomic mass is 32.2. The maximum atomic E-state index is 12.9. The van der Waals surface area contributed by atoms with Crippen LogP contribution in [0.2, 0.25) is 0 Å². The summed E-state index contributed by atoms with van der Waals surface area (Å²) >= 11 is 0. The van der Waals surface area contributed by atoms with E-state index in [1.54, 1.807) is 0 Å². The van der Waals surface area contributed by atoms with Gasteiger partial charge in [0.2, 0.25) is 10.0 Å². The minimum atomic E-state index is -4.49. The summed E-state index contributed by atoms with van der Waals surface area (Å²) in [6.45, 7) is 0.478. The summed E-state index contributed by atoms with van der Waals surface area (Å²) in [7, 11) is -3.86. The molecule has 0 spiro atoms. The summed E-state index contributed by atoms with van der Waals surface area (Å²) in [4.78, 5) is 3.17. The normalized spacial score (nSPS) is 16.0. The molecule has 2 aromatic carbocycles. The molecule has 2 heterocycles. The number of para-hydroxylation sites is 1. The Kier molecular flexibility index (Phi) is 3.85. The molecule has 136 valence electrons. The molecule has 1 aromatic heterocycles. The van der Waals surface area contributed by atoms with E-state index in [0.29, 0.717) is 6.42 Å².